The van der Waals surface area contributed by atoms with Gasteiger partial charge in [-0.3, -0.25) is 9.78 Å². The van der Waals surface area contributed by atoms with Gasteiger partial charge in [0.05, 0.1) is 16.8 Å². The van der Waals surface area contributed by atoms with Crippen molar-refractivity contribution in [3.8, 4) is 11.3 Å². The molecule has 2 heterocycles. The summed E-state index contributed by atoms with van der Waals surface area (Å²) < 4.78 is 0. The molecule has 0 aliphatic carbocycles. The fourth-order valence-electron chi connectivity index (χ4n) is 2.80. The van der Waals surface area contributed by atoms with Crippen LogP contribution in [0, 0.1) is 0 Å². The monoisotopic (exact) mass is 334 g/mol. The van der Waals surface area contributed by atoms with Crippen molar-refractivity contribution in [3.63, 3.8) is 0 Å². The Morgan fingerprint density at radius 3 is 2.68 bits per heavy atom. The summed E-state index contributed by atoms with van der Waals surface area (Å²) in [4.78, 5) is 21.5. The minimum Gasteiger partial charge on any atom is -0.350 e. The van der Waals surface area contributed by atoms with E-state index in [-0.39, 0.29) is 11.9 Å². The molecule has 0 bridgehead atoms. The number of carbonyl (C=O) groups excluding carboxylic acids is 1. The first-order valence-electron chi connectivity index (χ1n) is 8.50. The van der Waals surface area contributed by atoms with E-state index >= 15 is 0 Å². The normalized spacial score (nSPS) is 12.1. The Morgan fingerprint density at radius 1 is 1.16 bits per heavy atom. The second-order valence-electron chi connectivity index (χ2n) is 5.98. The molecule has 0 unspecified atom stereocenters. The van der Waals surface area contributed by atoms with E-state index in [0.29, 0.717) is 12.1 Å². The van der Waals surface area contributed by atoms with Crippen LogP contribution in [0.15, 0.2) is 54.9 Å². The number of aromatic nitrogens is 2. The number of likely N-dealkylation sites (N-methyl/N-ethyl adjacent to an activating group) is 1. The minimum absolute atomic E-state index is 0.0846. The molecular formula is C20H22N4O. The van der Waals surface area contributed by atoms with Gasteiger partial charge in [-0.05, 0) is 37.7 Å². The van der Waals surface area contributed by atoms with E-state index in [1.54, 1.807) is 12.4 Å². The van der Waals surface area contributed by atoms with Gasteiger partial charge >= 0.3 is 0 Å². The molecule has 25 heavy (non-hydrogen) atoms. The molecule has 0 saturated heterocycles. The summed E-state index contributed by atoms with van der Waals surface area (Å²) in [5, 5.41) is 7.16. The van der Waals surface area contributed by atoms with Crippen LogP contribution in [0.2, 0.25) is 0 Å². The maximum Gasteiger partial charge on any atom is 0.252 e. The Morgan fingerprint density at radius 2 is 1.92 bits per heavy atom. The molecule has 5 nitrogen and oxygen atoms in total. The SMILES string of the molecule is CCN[C@H](C)CNC(=O)c1cc(-c2ccncc2)nc2ccccc12. The largest absolute Gasteiger partial charge is 0.350 e. The third-order valence-electron chi connectivity index (χ3n) is 4.06. The predicted molar refractivity (Wildman–Crippen MR) is 100 cm³/mol. The Labute approximate surface area is 147 Å². The summed E-state index contributed by atoms with van der Waals surface area (Å²) >= 11 is 0. The van der Waals surface area contributed by atoms with Gasteiger partial charge in [0, 0.05) is 35.9 Å². The summed E-state index contributed by atoms with van der Waals surface area (Å²) in [7, 11) is 0. The number of hydrogen-bond donors (Lipinski definition) is 2. The fraction of sp³-hybridized carbons (Fsp3) is 0.250. The van der Waals surface area contributed by atoms with Crippen LogP contribution in [-0.2, 0) is 0 Å². The average molecular weight is 334 g/mol. The highest BCUT2D eigenvalue weighted by molar-refractivity contribution is 6.07. The van der Waals surface area contributed by atoms with Gasteiger partial charge in [-0.2, -0.15) is 0 Å². The molecule has 1 atom stereocenters. The van der Waals surface area contributed by atoms with Gasteiger partial charge in [-0.1, -0.05) is 25.1 Å². The second-order valence-corrected chi connectivity index (χ2v) is 5.98. The van der Waals surface area contributed by atoms with E-state index in [0.717, 1.165) is 28.7 Å². The Balaban J connectivity index is 1.97. The molecule has 0 aliphatic heterocycles. The Kier molecular flexibility index (Phi) is 5.36. The molecule has 1 amide bonds. The number of hydrogen-bond acceptors (Lipinski definition) is 4. The summed E-state index contributed by atoms with van der Waals surface area (Å²) in [5.41, 5.74) is 3.16. The van der Waals surface area contributed by atoms with Crippen LogP contribution in [0.25, 0.3) is 22.2 Å². The van der Waals surface area contributed by atoms with E-state index in [1.165, 1.54) is 0 Å². The zero-order valence-electron chi connectivity index (χ0n) is 14.5. The maximum atomic E-state index is 12.8. The van der Waals surface area contributed by atoms with Crippen LogP contribution in [0.4, 0.5) is 0 Å². The molecule has 0 spiro atoms. The maximum absolute atomic E-state index is 12.8. The van der Waals surface area contributed by atoms with Crippen molar-refractivity contribution in [2.45, 2.75) is 19.9 Å². The van der Waals surface area contributed by atoms with Crippen LogP contribution >= 0.6 is 0 Å². The molecule has 1 aromatic carbocycles. The van der Waals surface area contributed by atoms with Crippen molar-refractivity contribution in [3.05, 3.63) is 60.4 Å². The average Bonchev–Trinajstić information content (AvgIpc) is 2.66. The number of rotatable bonds is 6. The lowest BCUT2D eigenvalue weighted by molar-refractivity contribution is 0.0952. The molecule has 0 fully saturated rings. The highest BCUT2D eigenvalue weighted by atomic mass is 16.1. The van der Waals surface area contributed by atoms with Crippen molar-refractivity contribution in [1.82, 2.24) is 20.6 Å². The molecule has 2 N–H and O–H groups in total. The van der Waals surface area contributed by atoms with Gasteiger partial charge in [0.15, 0.2) is 0 Å². The van der Waals surface area contributed by atoms with Crippen molar-refractivity contribution < 1.29 is 4.79 Å². The van der Waals surface area contributed by atoms with Crippen LogP contribution in [-0.4, -0.2) is 35.0 Å². The predicted octanol–water partition coefficient (Wildman–Crippen LogP) is 3.02. The molecule has 128 valence electrons. The van der Waals surface area contributed by atoms with E-state index in [1.807, 2.05) is 42.5 Å². The lowest BCUT2D eigenvalue weighted by Crippen LogP contribution is -2.38. The van der Waals surface area contributed by atoms with Crippen molar-refractivity contribution in [1.29, 1.82) is 0 Å². The zero-order chi connectivity index (χ0) is 17.6. The van der Waals surface area contributed by atoms with Gasteiger partial charge in [-0.15, -0.1) is 0 Å². The Hall–Kier alpha value is -2.79. The summed E-state index contributed by atoms with van der Waals surface area (Å²) in [6, 6.07) is 13.6. The number of nitrogens with one attached hydrogen (secondary N) is 2. The van der Waals surface area contributed by atoms with Gasteiger partial charge in [0.25, 0.3) is 5.91 Å². The van der Waals surface area contributed by atoms with E-state index < -0.39 is 0 Å². The zero-order valence-corrected chi connectivity index (χ0v) is 14.5. The summed E-state index contributed by atoms with van der Waals surface area (Å²) in [5.74, 6) is -0.0846. The fourth-order valence-corrected chi connectivity index (χ4v) is 2.80. The molecule has 3 rings (SSSR count). The lowest BCUT2D eigenvalue weighted by atomic mass is 10.0. The van der Waals surface area contributed by atoms with Gasteiger partial charge < -0.3 is 10.6 Å². The van der Waals surface area contributed by atoms with Gasteiger partial charge in [0.2, 0.25) is 0 Å². The van der Waals surface area contributed by atoms with Crippen molar-refractivity contribution in [2.75, 3.05) is 13.1 Å². The first-order valence-corrected chi connectivity index (χ1v) is 8.50. The number of nitrogens with zero attached hydrogens (tertiary/aromatic N) is 2. The third-order valence-corrected chi connectivity index (χ3v) is 4.06. The highest BCUT2D eigenvalue weighted by Crippen LogP contribution is 2.24. The number of carbonyl (C=O) groups is 1. The van der Waals surface area contributed by atoms with Crippen LogP contribution in [0.3, 0.4) is 0 Å². The minimum atomic E-state index is -0.0846. The van der Waals surface area contributed by atoms with Gasteiger partial charge in [0.1, 0.15) is 0 Å². The third kappa shape index (κ3) is 4.00. The number of benzene rings is 1. The standard InChI is InChI=1S/C20H22N4O/c1-3-22-14(2)13-23-20(25)17-12-19(15-8-10-21-11-9-15)24-18-7-5-4-6-16(17)18/h4-12,14,22H,3,13H2,1-2H3,(H,23,25)/t14-/m1/s1. The van der Waals surface area contributed by atoms with Gasteiger partial charge in [-0.25, -0.2) is 4.98 Å². The van der Waals surface area contributed by atoms with Crippen LogP contribution in [0.5, 0.6) is 0 Å². The topological polar surface area (TPSA) is 66.9 Å². The van der Waals surface area contributed by atoms with Crippen LogP contribution < -0.4 is 10.6 Å². The molecule has 5 heteroatoms. The quantitative estimate of drug-likeness (QED) is 0.727. The molecular weight excluding hydrogens is 312 g/mol. The van der Waals surface area contributed by atoms with Crippen LogP contribution in [0.1, 0.15) is 24.2 Å². The summed E-state index contributed by atoms with van der Waals surface area (Å²) in [6.45, 7) is 5.56. The first-order chi connectivity index (χ1) is 12.2. The number of para-hydroxylation sites is 1. The van der Waals surface area contributed by atoms with Crippen molar-refractivity contribution >= 4 is 16.8 Å². The molecule has 3 aromatic rings. The highest BCUT2D eigenvalue weighted by Gasteiger charge is 2.14. The molecule has 0 aliphatic rings. The van der Waals surface area contributed by atoms with E-state index in [4.69, 9.17) is 4.98 Å². The molecule has 0 saturated carbocycles. The van der Waals surface area contributed by atoms with E-state index in [2.05, 4.69) is 29.5 Å². The first kappa shape index (κ1) is 17.0. The molecule has 0 radical (unpaired) electrons. The number of pyridine rings is 2. The number of fused-ring (bicyclic) bond motifs is 1. The summed E-state index contributed by atoms with van der Waals surface area (Å²) in [6.07, 6.45) is 3.45. The Bertz CT molecular complexity index is 864. The molecule has 2 aromatic heterocycles. The second kappa shape index (κ2) is 7.85. The number of amides is 1. The van der Waals surface area contributed by atoms with Crippen molar-refractivity contribution in [2.24, 2.45) is 0 Å². The smallest absolute Gasteiger partial charge is 0.252 e. The van der Waals surface area contributed by atoms with E-state index in [9.17, 15) is 4.79 Å². The lowest BCUT2D eigenvalue weighted by Gasteiger charge is -2.14.